The molecule has 168 valence electrons. The molecule has 1 aliphatic heterocycles. The van der Waals surface area contributed by atoms with Gasteiger partial charge in [-0.05, 0) is 48.5 Å². The normalized spacial score (nSPS) is 16.3. The number of nitrogens with one attached hydrogen (secondary N) is 2. The van der Waals surface area contributed by atoms with E-state index in [0.717, 1.165) is 0 Å². The highest BCUT2D eigenvalue weighted by molar-refractivity contribution is 5.94. The number of hydrogen-bond acceptors (Lipinski definition) is 6. The van der Waals surface area contributed by atoms with Crippen molar-refractivity contribution in [2.45, 2.75) is 6.04 Å². The Labute approximate surface area is 187 Å². The summed E-state index contributed by atoms with van der Waals surface area (Å²) in [5, 5.41) is 21.5. The third-order valence-electron chi connectivity index (χ3n) is 5.78. The van der Waals surface area contributed by atoms with Crippen LogP contribution in [0.3, 0.4) is 0 Å². The summed E-state index contributed by atoms with van der Waals surface area (Å²) in [5.41, 5.74) is 1.97. The lowest BCUT2D eigenvalue weighted by Gasteiger charge is -2.35. The number of H-pyrrole nitrogens is 1. The molecule has 33 heavy (non-hydrogen) atoms. The van der Waals surface area contributed by atoms with E-state index < -0.39 is 5.82 Å². The predicted molar refractivity (Wildman–Crippen MR) is 120 cm³/mol. The zero-order valence-electron chi connectivity index (χ0n) is 17.5. The third-order valence-corrected chi connectivity index (χ3v) is 5.78. The van der Waals surface area contributed by atoms with Crippen LogP contribution in [0.4, 0.5) is 4.39 Å². The minimum Gasteiger partial charge on any atom is -0.394 e. The molecule has 1 amide bonds. The van der Waals surface area contributed by atoms with Gasteiger partial charge in [0.05, 0.1) is 30.1 Å². The summed E-state index contributed by atoms with van der Waals surface area (Å²) < 4.78 is 15.1. The summed E-state index contributed by atoms with van der Waals surface area (Å²) in [7, 11) is 0. The number of amides is 1. The molecule has 2 aromatic heterocycles. The molecule has 2 aromatic carbocycles. The Balaban J connectivity index is 1.40. The molecule has 1 unspecified atom stereocenters. The van der Waals surface area contributed by atoms with E-state index in [4.69, 9.17) is 0 Å². The number of nitrogens with zero attached hydrogens (tertiary/aromatic N) is 4. The molecular formula is C23H21FN6O3. The van der Waals surface area contributed by atoms with Crippen LogP contribution in [0, 0.1) is 5.82 Å². The number of carbonyl (C=O) groups is 1. The average molecular weight is 448 g/mol. The summed E-state index contributed by atoms with van der Waals surface area (Å²) in [6.07, 6.45) is 1.60. The summed E-state index contributed by atoms with van der Waals surface area (Å²) in [6, 6.07) is 12.3. The first-order valence-corrected chi connectivity index (χ1v) is 10.5. The van der Waals surface area contributed by atoms with Crippen LogP contribution in [-0.4, -0.2) is 68.2 Å². The maximum Gasteiger partial charge on any atom is 0.258 e. The Morgan fingerprint density at radius 1 is 1.18 bits per heavy atom. The van der Waals surface area contributed by atoms with Crippen LogP contribution in [0.15, 0.2) is 59.5 Å². The lowest BCUT2D eigenvalue weighted by molar-refractivity contribution is 0.0536. The molecule has 0 bridgehead atoms. The number of aromatic amines is 1. The molecule has 5 rings (SSSR count). The van der Waals surface area contributed by atoms with Gasteiger partial charge < -0.3 is 20.3 Å². The van der Waals surface area contributed by atoms with Gasteiger partial charge in [-0.2, -0.15) is 0 Å². The van der Waals surface area contributed by atoms with Gasteiger partial charge in [0.25, 0.3) is 11.5 Å². The van der Waals surface area contributed by atoms with E-state index in [-0.39, 0.29) is 29.7 Å². The van der Waals surface area contributed by atoms with Gasteiger partial charge in [0.1, 0.15) is 11.5 Å². The Morgan fingerprint density at radius 2 is 2.00 bits per heavy atom. The summed E-state index contributed by atoms with van der Waals surface area (Å²) in [4.78, 5) is 29.8. The Morgan fingerprint density at radius 3 is 2.79 bits per heavy atom. The van der Waals surface area contributed by atoms with Crippen molar-refractivity contribution in [1.29, 1.82) is 0 Å². The Hall–Kier alpha value is -3.89. The highest BCUT2D eigenvalue weighted by atomic mass is 19.1. The number of rotatable bonds is 4. The first kappa shape index (κ1) is 21.0. The number of aliphatic hydroxyl groups is 1. The largest absolute Gasteiger partial charge is 0.394 e. The van der Waals surface area contributed by atoms with Crippen LogP contribution >= 0.6 is 0 Å². The fourth-order valence-corrected chi connectivity index (χ4v) is 4.00. The van der Waals surface area contributed by atoms with Crippen LogP contribution in [0.1, 0.15) is 10.4 Å². The van der Waals surface area contributed by atoms with Crippen molar-refractivity contribution in [1.82, 2.24) is 30.2 Å². The lowest BCUT2D eigenvalue weighted by Crippen LogP contribution is -2.55. The van der Waals surface area contributed by atoms with E-state index in [2.05, 4.69) is 20.6 Å². The number of aromatic nitrogens is 4. The van der Waals surface area contributed by atoms with Gasteiger partial charge in [-0.15, -0.1) is 5.10 Å². The van der Waals surface area contributed by atoms with E-state index in [1.165, 1.54) is 22.9 Å². The maximum absolute atomic E-state index is 13.6. The van der Waals surface area contributed by atoms with Gasteiger partial charge in [-0.3, -0.25) is 9.59 Å². The molecule has 3 N–H and O–H groups in total. The van der Waals surface area contributed by atoms with Crippen LogP contribution in [-0.2, 0) is 0 Å². The van der Waals surface area contributed by atoms with E-state index in [1.54, 1.807) is 41.4 Å². The minimum absolute atomic E-state index is 0.0981. The quantitative estimate of drug-likeness (QED) is 0.434. The summed E-state index contributed by atoms with van der Waals surface area (Å²) in [5.74, 6) is -0.541. The van der Waals surface area contributed by atoms with Crippen molar-refractivity contribution in [3.05, 3.63) is 76.5 Å². The molecule has 0 spiro atoms. The first-order chi connectivity index (χ1) is 16.0. The van der Waals surface area contributed by atoms with Crippen LogP contribution < -0.4 is 10.9 Å². The SMILES string of the molecule is O=C(c1ccc(-n2cc(-c3cc4cc(F)ccc4[nH]c3=O)nn2)cc1)N1CCNCC1CO. The fraction of sp³-hybridized carbons (Fsp3) is 0.217. The number of pyridine rings is 1. The van der Waals surface area contributed by atoms with Crippen molar-refractivity contribution < 1.29 is 14.3 Å². The van der Waals surface area contributed by atoms with E-state index in [0.29, 0.717) is 47.5 Å². The number of fused-ring (bicyclic) bond motifs is 1. The molecule has 1 atom stereocenters. The number of aliphatic hydroxyl groups excluding tert-OH is 1. The fourth-order valence-electron chi connectivity index (χ4n) is 4.00. The van der Waals surface area contributed by atoms with Gasteiger partial charge >= 0.3 is 0 Å². The van der Waals surface area contributed by atoms with Crippen molar-refractivity contribution >= 4 is 16.8 Å². The number of halogens is 1. The maximum atomic E-state index is 13.6. The molecule has 0 saturated carbocycles. The second-order valence-corrected chi connectivity index (χ2v) is 7.88. The summed E-state index contributed by atoms with van der Waals surface area (Å²) >= 11 is 0. The van der Waals surface area contributed by atoms with Crippen LogP contribution in [0.25, 0.3) is 27.8 Å². The smallest absolute Gasteiger partial charge is 0.258 e. The second-order valence-electron chi connectivity index (χ2n) is 7.88. The molecular weight excluding hydrogens is 427 g/mol. The molecule has 1 aliphatic rings. The minimum atomic E-state index is -0.398. The monoisotopic (exact) mass is 448 g/mol. The van der Waals surface area contributed by atoms with Gasteiger partial charge in [0.15, 0.2) is 0 Å². The standard InChI is InChI=1S/C23H21FN6O3/c24-16-3-6-20-15(9-16)10-19(22(32)26-20)21-12-30(28-27-21)17-4-1-14(2-5-17)23(33)29-8-7-25-11-18(29)13-31/h1-6,9-10,12,18,25,31H,7-8,11,13H2,(H,26,32). The molecule has 3 heterocycles. The molecule has 0 radical (unpaired) electrons. The van der Waals surface area contributed by atoms with Crippen LogP contribution in [0.2, 0.25) is 0 Å². The van der Waals surface area contributed by atoms with E-state index >= 15 is 0 Å². The Bertz CT molecular complexity index is 1380. The van der Waals surface area contributed by atoms with Gasteiger partial charge in [-0.1, -0.05) is 5.21 Å². The molecule has 1 saturated heterocycles. The topological polar surface area (TPSA) is 116 Å². The van der Waals surface area contributed by atoms with Gasteiger partial charge in [-0.25, -0.2) is 9.07 Å². The van der Waals surface area contributed by atoms with E-state index in [9.17, 15) is 19.1 Å². The highest BCUT2D eigenvalue weighted by Crippen LogP contribution is 2.20. The van der Waals surface area contributed by atoms with E-state index in [1.807, 2.05) is 0 Å². The molecule has 4 aromatic rings. The molecule has 0 aliphatic carbocycles. The molecule has 1 fully saturated rings. The zero-order chi connectivity index (χ0) is 22.9. The van der Waals surface area contributed by atoms with Crippen molar-refractivity contribution in [3.8, 4) is 16.9 Å². The van der Waals surface area contributed by atoms with Gasteiger partial charge in [0, 0.05) is 36.1 Å². The summed E-state index contributed by atoms with van der Waals surface area (Å²) in [6.45, 7) is 1.67. The first-order valence-electron chi connectivity index (χ1n) is 10.5. The lowest BCUT2D eigenvalue weighted by atomic mass is 10.1. The van der Waals surface area contributed by atoms with Crippen molar-refractivity contribution in [3.63, 3.8) is 0 Å². The zero-order valence-corrected chi connectivity index (χ0v) is 17.5. The number of carbonyl (C=O) groups excluding carboxylic acids is 1. The highest BCUT2D eigenvalue weighted by Gasteiger charge is 2.26. The predicted octanol–water partition coefficient (Wildman–Crippen LogP) is 1.32. The molecule has 10 heteroatoms. The number of benzene rings is 2. The van der Waals surface area contributed by atoms with Crippen molar-refractivity contribution in [2.75, 3.05) is 26.2 Å². The van der Waals surface area contributed by atoms with Crippen LogP contribution in [0.5, 0.6) is 0 Å². The number of hydrogen-bond donors (Lipinski definition) is 3. The molecule has 9 nitrogen and oxygen atoms in total. The third kappa shape index (κ3) is 4.01. The average Bonchev–Trinajstić information content (AvgIpc) is 3.33. The second kappa shape index (κ2) is 8.57. The Kier molecular flexibility index (Phi) is 5.45. The van der Waals surface area contributed by atoms with Crippen molar-refractivity contribution in [2.24, 2.45) is 0 Å². The number of piperazine rings is 1. The van der Waals surface area contributed by atoms with Gasteiger partial charge in [0.2, 0.25) is 0 Å².